The molecule has 0 aromatic heterocycles. The van der Waals surface area contributed by atoms with E-state index >= 15 is 0 Å². The molecule has 0 saturated carbocycles. The maximum absolute atomic E-state index is 13.1. The van der Waals surface area contributed by atoms with Crippen molar-refractivity contribution in [3.05, 3.63) is 59.7 Å². The minimum atomic E-state index is -0.979. The van der Waals surface area contributed by atoms with E-state index in [1.807, 2.05) is 19.1 Å². The highest BCUT2D eigenvalue weighted by Gasteiger charge is 2.29. The number of aryl methyl sites for hydroxylation is 1. The van der Waals surface area contributed by atoms with E-state index in [1.54, 1.807) is 45.0 Å². The lowest BCUT2D eigenvalue weighted by atomic mass is 10.0. The summed E-state index contributed by atoms with van der Waals surface area (Å²) in [7, 11) is 1.48. The van der Waals surface area contributed by atoms with Crippen molar-refractivity contribution in [2.75, 3.05) is 18.9 Å². The molecule has 0 aliphatic heterocycles. The van der Waals surface area contributed by atoms with Gasteiger partial charge in [-0.25, -0.2) is 4.79 Å². The largest absolute Gasteiger partial charge is 0.508 e. The van der Waals surface area contributed by atoms with Crippen molar-refractivity contribution in [2.24, 2.45) is 0 Å². The standard InChI is InChI=1S/C23H29N3O5/c1-15-8-6-7-9-18(15)25-21(29)20(16-10-12-17(27)13-11-16)26(5)19(28)14-24-22(30)31-23(2,3)4/h6-13,20,27H,14H2,1-5H3,(H,24,30)(H,25,29). The third kappa shape index (κ3) is 7.02. The van der Waals surface area contributed by atoms with E-state index in [0.717, 1.165) is 5.56 Å². The summed E-state index contributed by atoms with van der Waals surface area (Å²) in [5, 5.41) is 14.8. The highest BCUT2D eigenvalue weighted by atomic mass is 16.6. The Balaban J connectivity index is 2.20. The lowest BCUT2D eigenvalue weighted by molar-refractivity contribution is -0.136. The second kappa shape index (κ2) is 9.97. The lowest BCUT2D eigenvalue weighted by Gasteiger charge is -2.28. The maximum Gasteiger partial charge on any atom is 0.408 e. The molecule has 0 bridgehead atoms. The first-order chi connectivity index (χ1) is 14.5. The number of amides is 3. The highest BCUT2D eigenvalue weighted by Crippen LogP contribution is 2.25. The van der Waals surface area contributed by atoms with Crippen molar-refractivity contribution in [3.63, 3.8) is 0 Å². The summed E-state index contributed by atoms with van der Waals surface area (Å²) < 4.78 is 5.14. The van der Waals surface area contributed by atoms with Gasteiger partial charge in [0.1, 0.15) is 23.9 Å². The van der Waals surface area contributed by atoms with Crippen LogP contribution in [0, 0.1) is 6.92 Å². The molecule has 2 rings (SSSR count). The predicted molar refractivity (Wildman–Crippen MR) is 118 cm³/mol. The number of anilines is 1. The Morgan fingerprint density at radius 2 is 1.68 bits per heavy atom. The summed E-state index contributed by atoms with van der Waals surface area (Å²) in [4.78, 5) is 39.0. The molecule has 2 aromatic rings. The third-order valence-corrected chi connectivity index (χ3v) is 4.42. The first kappa shape index (κ1) is 23.7. The van der Waals surface area contributed by atoms with Crippen LogP contribution in [-0.2, 0) is 14.3 Å². The van der Waals surface area contributed by atoms with Crippen molar-refractivity contribution in [2.45, 2.75) is 39.3 Å². The number of carbonyl (C=O) groups is 3. The Morgan fingerprint density at radius 1 is 1.06 bits per heavy atom. The molecule has 8 heteroatoms. The number of hydrogen-bond donors (Lipinski definition) is 3. The first-order valence-electron chi connectivity index (χ1n) is 9.86. The quantitative estimate of drug-likeness (QED) is 0.655. The summed E-state index contributed by atoms with van der Waals surface area (Å²) in [6.45, 7) is 6.69. The van der Waals surface area contributed by atoms with Crippen LogP contribution in [0.5, 0.6) is 5.75 Å². The molecule has 3 N–H and O–H groups in total. The summed E-state index contributed by atoms with van der Waals surface area (Å²) in [6, 6.07) is 12.4. The van der Waals surface area contributed by atoms with Crippen LogP contribution >= 0.6 is 0 Å². The van der Waals surface area contributed by atoms with Crippen molar-refractivity contribution < 1.29 is 24.2 Å². The van der Waals surface area contributed by atoms with Crippen LogP contribution < -0.4 is 10.6 Å². The fourth-order valence-electron chi connectivity index (χ4n) is 2.85. The second-order valence-electron chi connectivity index (χ2n) is 8.16. The van der Waals surface area contributed by atoms with Gasteiger partial charge in [0.05, 0.1) is 0 Å². The minimum Gasteiger partial charge on any atom is -0.508 e. The number of aromatic hydroxyl groups is 1. The van der Waals surface area contributed by atoms with Gasteiger partial charge < -0.3 is 25.4 Å². The average molecular weight is 428 g/mol. The molecule has 31 heavy (non-hydrogen) atoms. The molecule has 0 fully saturated rings. The zero-order valence-electron chi connectivity index (χ0n) is 18.4. The van der Waals surface area contributed by atoms with E-state index in [2.05, 4.69) is 10.6 Å². The Morgan fingerprint density at radius 3 is 2.26 bits per heavy atom. The van der Waals surface area contributed by atoms with Crippen molar-refractivity contribution in [3.8, 4) is 5.75 Å². The van der Waals surface area contributed by atoms with E-state index in [9.17, 15) is 19.5 Å². The van der Waals surface area contributed by atoms with Crippen molar-refractivity contribution in [1.29, 1.82) is 0 Å². The van der Waals surface area contributed by atoms with Crippen LogP contribution in [-0.4, -0.2) is 47.1 Å². The number of nitrogens with one attached hydrogen (secondary N) is 2. The van der Waals surface area contributed by atoms with E-state index in [4.69, 9.17) is 4.74 Å². The van der Waals surface area contributed by atoms with Crippen LogP contribution in [0.3, 0.4) is 0 Å². The summed E-state index contributed by atoms with van der Waals surface area (Å²) in [5.41, 5.74) is 1.32. The van der Waals surface area contributed by atoms with E-state index < -0.39 is 29.6 Å². The van der Waals surface area contributed by atoms with Gasteiger partial charge >= 0.3 is 6.09 Å². The molecule has 1 atom stereocenters. The molecular weight excluding hydrogens is 398 g/mol. The summed E-state index contributed by atoms with van der Waals surface area (Å²) >= 11 is 0. The fraction of sp³-hybridized carbons (Fsp3) is 0.348. The molecule has 3 amide bonds. The minimum absolute atomic E-state index is 0.0439. The number of alkyl carbamates (subject to hydrolysis) is 1. The number of rotatable bonds is 6. The fourth-order valence-corrected chi connectivity index (χ4v) is 2.85. The van der Waals surface area contributed by atoms with Crippen LogP contribution in [0.2, 0.25) is 0 Å². The number of likely N-dealkylation sites (N-methyl/N-ethyl adjacent to an activating group) is 1. The second-order valence-corrected chi connectivity index (χ2v) is 8.16. The number of benzene rings is 2. The lowest BCUT2D eigenvalue weighted by Crippen LogP contribution is -2.44. The first-order valence-corrected chi connectivity index (χ1v) is 9.86. The molecule has 166 valence electrons. The van der Waals surface area contributed by atoms with Gasteiger partial charge in [0.25, 0.3) is 5.91 Å². The van der Waals surface area contributed by atoms with Gasteiger partial charge in [-0.2, -0.15) is 0 Å². The molecule has 0 radical (unpaired) electrons. The zero-order valence-corrected chi connectivity index (χ0v) is 18.4. The Labute approximate surface area is 182 Å². The van der Waals surface area contributed by atoms with Crippen molar-refractivity contribution in [1.82, 2.24) is 10.2 Å². The average Bonchev–Trinajstić information content (AvgIpc) is 2.68. The van der Waals surface area contributed by atoms with Gasteiger partial charge in [0.2, 0.25) is 5.91 Å². The number of nitrogens with zero attached hydrogens (tertiary/aromatic N) is 1. The monoisotopic (exact) mass is 427 g/mol. The Hall–Kier alpha value is -3.55. The van der Waals surface area contributed by atoms with Crippen molar-refractivity contribution >= 4 is 23.6 Å². The van der Waals surface area contributed by atoms with Crippen LogP contribution in [0.15, 0.2) is 48.5 Å². The maximum atomic E-state index is 13.1. The summed E-state index contributed by atoms with van der Waals surface area (Å²) in [5.74, 6) is -0.862. The van der Waals surface area contributed by atoms with Crippen LogP contribution in [0.25, 0.3) is 0 Å². The third-order valence-electron chi connectivity index (χ3n) is 4.42. The van der Waals surface area contributed by atoms with Gasteiger partial charge in [-0.1, -0.05) is 30.3 Å². The number of phenolic OH excluding ortho intramolecular Hbond substituents is 1. The normalized spacial score (nSPS) is 11.9. The van der Waals surface area contributed by atoms with Gasteiger partial charge in [-0.05, 0) is 57.0 Å². The van der Waals surface area contributed by atoms with E-state index in [0.29, 0.717) is 11.3 Å². The topological polar surface area (TPSA) is 108 Å². The number of para-hydroxylation sites is 1. The smallest absolute Gasteiger partial charge is 0.408 e. The molecule has 8 nitrogen and oxygen atoms in total. The highest BCUT2D eigenvalue weighted by molar-refractivity contribution is 5.98. The van der Waals surface area contributed by atoms with E-state index in [-0.39, 0.29) is 12.3 Å². The number of ether oxygens (including phenoxy) is 1. The molecule has 1 unspecified atom stereocenters. The number of carbonyl (C=O) groups excluding carboxylic acids is 3. The van der Waals surface area contributed by atoms with Crippen LogP contribution in [0.1, 0.15) is 37.9 Å². The van der Waals surface area contributed by atoms with Gasteiger partial charge in [0, 0.05) is 12.7 Å². The van der Waals surface area contributed by atoms with Crippen LogP contribution in [0.4, 0.5) is 10.5 Å². The van der Waals surface area contributed by atoms with Gasteiger partial charge in [0.15, 0.2) is 0 Å². The summed E-state index contributed by atoms with van der Waals surface area (Å²) in [6.07, 6.45) is -0.722. The molecule has 0 spiro atoms. The SMILES string of the molecule is Cc1ccccc1NC(=O)C(c1ccc(O)cc1)N(C)C(=O)CNC(=O)OC(C)(C)C. The van der Waals surface area contributed by atoms with Gasteiger partial charge in [-0.3, -0.25) is 9.59 Å². The molecule has 2 aromatic carbocycles. The van der Waals surface area contributed by atoms with E-state index in [1.165, 1.54) is 24.1 Å². The zero-order chi connectivity index (χ0) is 23.2. The molecular formula is C23H29N3O5. The van der Waals surface area contributed by atoms with Gasteiger partial charge in [-0.15, -0.1) is 0 Å². The number of hydrogen-bond acceptors (Lipinski definition) is 5. The molecule has 0 aliphatic rings. The molecule has 0 saturated heterocycles. The Kier molecular flexibility index (Phi) is 7.63. The Bertz CT molecular complexity index is 935. The molecule has 0 heterocycles. The predicted octanol–water partition coefficient (Wildman–Crippen LogP) is 3.36. The number of phenols is 1. The molecule has 0 aliphatic carbocycles.